The maximum absolute atomic E-state index is 13.7. The second kappa shape index (κ2) is 5.95. The Morgan fingerprint density at radius 3 is 2.70 bits per heavy atom. The average Bonchev–Trinajstić information content (AvgIpc) is 2.41. The fraction of sp³-hybridized carbons (Fsp3) is 0. The molecule has 20 heavy (non-hydrogen) atoms. The Bertz CT molecular complexity index is 728. The number of rotatable bonds is 3. The van der Waals surface area contributed by atoms with Crippen LogP contribution in [-0.2, 0) is 0 Å². The lowest BCUT2D eigenvalue weighted by Crippen LogP contribution is -1.97. The molecule has 0 bridgehead atoms. The van der Waals surface area contributed by atoms with Gasteiger partial charge in [0, 0.05) is 9.79 Å². The third-order valence-corrected chi connectivity index (χ3v) is 3.89. The van der Waals surface area contributed by atoms with Crippen molar-refractivity contribution in [1.29, 1.82) is 5.26 Å². The van der Waals surface area contributed by atoms with Gasteiger partial charge in [0.15, 0.2) is 0 Å². The molecule has 0 unspecified atom stereocenters. The summed E-state index contributed by atoms with van der Waals surface area (Å²) in [7, 11) is 0. The molecule has 0 aromatic heterocycles. The van der Waals surface area contributed by atoms with Crippen molar-refractivity contribution in [3.8, 4) is 6.07 Å². The first kappa shape index (κ1) is 14.4. The van der Waals surface area contributed by atoms with Crippen molar-refractivity contribution in [2.24, 2.45) is 0 Å². The minimum atomic E-state index is -1.14. The minimum absolute atomic E-state index is 0.0190. The standard InChI is InChI=1S/C14H7ClFNO2S/c15-10-2-1-3-12(9(10)7-17)20-13-6-8(14(18)19)4-5-11(13)16/h1-6H,(H,18,19). The van der Waals surface area contributed by atoms with Crippen LogP contribution in [-0.4, -0.2) is 11.1 Å². The molecule has 0 saturated heterocycles. The molecule has 0 spiro atoms. The molecular formula is C14H7ClFNO2S. The van der Waals surface area contributed by atoms with Crippen LogP contribution in [0.25, 0.3) is 0 Å². The highest BCUT2D eigenvalue weighted by Gasteiger charge is 2.13. The lowest BCUT2D eigenvalue weighted by atomic mass is 10.2. The van der Waals surface area contributed by atoms with Crippen molar-refractivity contribution in [1.82, 2.24) is 0 Å². The predicted octanol–water partition coefficient (Wildman–Crippen LogP) is 4.20. The molecule has 0 aliphatic rings. The van der Waals surface area contributed by atoms with Crippen molar-refractivity contribution < 1.29 is 14.3 Å². The largest absolute Gasteiger partial charge is 0.478 e. The highest BCUT2D eigenvalue weighted by molar-refractivity contribution is 7.99. The number of carbonyl (C=O) groups is 1. The molecule has 6 heteroatoms. The van der Waals surface area contributed by atoms with Gasteiger partial charge in [-0.2, -0.15) is 5.26 Å². The monoisotopic (exact) mass is 307 g/mol. The van der Waals surface area contributed by atoms with E-state index in [4.69, 9.17) is 22.0 Å². The minimum Gasteiger partial charge on any atom is -0.478 e. The van der Waals surface area contributed by atoms with Crippen molar-refractivity contribution in [3.63, 3.8) is 0 Å². The van der Waals surface area contributed by atoms with Gasteiger partial charge in [-0.1, -0.05) is 29.4 Å². The van der Waals surface area contributed by atoms with Crippen LogP contribution in [0.1, 0.15) is 15.9 Å². The Hall–Kier alpha value is -2.03. The third kappa shape index (κ3) is 2.93. The van der Waals surface area contributed by atoms with Crippen LogP contribution >= 0.6 is 23.4 Å². The molecule has 2 aromatic carbocycles. The van der Waals surface area contributed by atoms with Crippen LogP contribution in [0.15, 0.2) is 46.2 Å². The lowest BCUT2D eigenvalue weighted by Gasteiger charge is -2.07. The molecule has 0 saturated carbocycles. The van der Waals surface area contributed by atoms with Gasteiger partial charge >= 0.3 is 5.97 Å². The summed E-state index contributed by atoms with van der Waals surface area (Å²) in [6.07, 6.45) is 0. The second-order valence-electron chi connectivity index (χ2n) is 3.78. The molecule has 0 atom stereocenters. The van der Waals surface area contributed by atoms with E-state index in [2.05, 4.69) is 0 Å². The number of carboxylic acids is 1. The summed E-state index contributed by atoms with van der Waals surface area (Å²) in [6, 6.07) is 10.3. The summed E-state index contributed by atoms with van der Waals surface area (Å²) in [4.78, 5) is 11.5. The van der Waals surface area contributed by atoms with E-state index < -0.39 is 11.8 Å². The molecule has 0 radical (unpaired) electrons. The van der Waals surface area contributed by atoms with Gasteiger partial charge in [-0.25, -0.2) is 9.18 Å². The molecule has 2 rings (SSSR count). The van der Waals surface area contributed by atoms with Crippen LogP contribution in [0.5, 0.6) is 0 Å². The topological polar surface area (TPSA) is 61.1 Å². The van der Waals surface area contributed by atoms with Gasteiger partial charge in [-0.15, -0.1) is 0 Å². The highest BCUT2D eigenvalue weighted by atomic mass is 35.5. The first-order valence-electron chi connectivity index (χ1n) is 5.42. The summed E-state index contributed by atoms with van der Waals surface area (Å²) >= 11 is 6.86. The Kier molecular flexibility index (Phi) is 4.28. The number of nitrogens with zero attached hydrogens (tertiary/aromatic N) is 1. The van der Waals surface area contributed by atoms with Gasteiger partial charge in [-0.05, 0) is 30.3 Å². The van der Waals surface area contributed by atoms with Crippen molar-refractivity contribution in [2.75, 3.05) is 0 Å². The molecule has 0 heterocycles. The Morgan fingerprint density at radius 1 is 1.30 bits per heavy atom. The first-order valence-corrected chi connectivity index (χ1v) is 6.61. The van der Waals surface area contributed by atoms with Gasteiger partial charge in [0.2, 0.25) is 0 Å². The fourth-order valence-corrected chi connectivity index (χ4v) is 2.80. The summed E-state index contributed by atoms with van der Waals surface area (Å²) in [5, 5.41) is 18.2. The quantitative estimate of drug-likeness (QED) is 0.923. The smallest absolute Gasteiger partial charge is 0.335 e. The number of aromatic carboxylic acids is 1. The predicted molar refractivity (Wildman–Crippen MR) is 73.6 cm³/mol. The molecule has 0 aliphatic heterocycles. The van der Waals surface area contributed by atoms with E-state index in [1.165, 1.54) is 12.1 Å². The molecule has 1 N–H and O–H groups in total. The number of nitriles is 1. The van der Waals surface area contributed by atoms with E-state index in [1.807, 2.05) is 6.07 Å². The number of hydrogen-bond acceptors (Lipinski definition) is 3. The van der Waals surface area contributed by atoms with Crippen molar-refractivity contribution in [2.45, 2.75) is 9.79 Å². The first-order chi connectivity index (χ1) is 9.52. The highest BCUT2D eigenvalue weighted by Crippen LogP contribution is 2.35. The molecule has 100 valence electrons. The molecule has 0 fully saturated rings. The molecule has 0 amide bonds. The number of hydrogen-bond donors (Lipinski definition) is 1. The lowest BCUT2D eigenvalue weighted by molar-refractivity contribution is 0.0696. The van der Waals surface area contributed by atoms with Gasteiger partial charge in [-0.3, -0.25) is 0 Å². The Balaban J connectivity index is 2.45. The van der Waals surface area contributed by atoms with E-state index in [-0.39, 0.29) is 21.0 Å². The molecular weight excluding hydrogens is 301 g/mol. The summed E-state index contributed by atoms with van der Waals surface area (Å²) in [5.74, 6) is -1.69. The maximum Gasteiger partial charge on any atom is 0.335 e. The van der Waals surface area contributed by atoms with Crippen LogP contribution < -0.4 is 0 Å². The zero-order valence-electron chi connectivity index (χ0n) is 9.93. The van der Waals surface area contributed by atoms with Crippen molar-refractivity contribution >= 4 is 29.3 Å². The Labute approximate surface area is 123 Å². The number of halogens is 2. The van der Waals surface area contributed by atoms with E-state index in [1.54, 1.807) is 18.2 Å². The van der Waals surface area contributed by atoms with Gasteiger partial charge in [0.25, 0.3) is 0 Å². The fourth-order valence-electron chi connectivity index (χ4n) is 1.53. The van der Waals surface area contributed by atoms with Crippen LogP contribution in [0.3, 0.4) is 0 Å². The van der Waals surface area contributed by atoms with Gasteiger partial charge < -0.3 is 5.11 Å². The third-order valence-electron chi connectivity index (χ3n) is 2.49. The van der Waals surface area contributed by atoms with E-state index >= 15 is 0 Å². The van der Waals surface area contributed by atoms with Crippen LogP contribution in [0.2, 0.25) is 5.02 Å². The summed E-state index contributed by atoms with van der Waals surface area (Å²) < 4.78 is 13.7. The van der Waals surface area contributed by atoms with E-state index in [0.29, 0.717) is 4.90 Å². The van der Waals surface area contributed by atoms with Crippen LogP contribution in [0.4, 0.5) is 4.39 Å². The molecule has 0 aliphatic carbocycles. The molecule has 2 aromatic rings. The normalized spacial score (nSPS) is 10.1. The summed E-state index contributed by atoms with van der Waals surface area (Å²) in [6.45, 7) is 0. The van der Waals surface area contributed by atoms with Crippen molar-refractivity contribution in [3.05, 3.63) is 58.4 Å². The Morgan fingerprint density at radius 2 is 2.05 bits per heavy atom. The number of carboxylic acid groups (broad SMARTS) is 1. The number of benzene rings is 2. The average molecular weight is 308 g/mol. The van der Waals surface area contributed by atoms with E-state index in [9.17, 15) is 9.18 Å². The van der Waals surface area contributed by atoms with E-state index in [0.717, 1.165) is 17.8 Å². The zero-order chi connectivity index (χ0) is 14.7. The van der Waals surface area contributed by atoms with Crippen LogP contribution in [0, 0.1) is 17.1 Å². The zero-order valence-corrected chi connectivity index (χ0v) is 11.5. The summed E-state index contributed by atoms with van der Waals surface area (Å²) in [5.41, 5.74) is 0.216. The second-order valence-corrected chi connectivity index (χ2v) is 5.27. The maximum atomic E-state index is 13.7. The SMILES string of the molecule is N#Cc1c(Cl)cccc1Sc1cc(C(=O)O)ccc1F. The van der Waals surface area contributed by atoms with Gasteiger partial charge in [0.1, 0.15) is 11.9 Å². The van der Waals surface area contributed by atoms with Gasteiger partial charge in [0.05, 0.1) is 16.1 Å². The molecule has 3 nitrogen and oxygen atoms in total.